The normalized spacial score (nSPS) is 12.2. The Hall–Kier alpha value is -3.77. The summed E-state index contributed by atoms with van der Waals surface area (Å²) in [5, 5.41) is 25.3. The fraction of sp³-hybridized carbons (Fsp3) is 0.0870. The molecule has 29 heavy (non-hydrogen) atoms. The van der Waals surface area contributed by atoms with Crippen LogP contribution >= 0.6 is 0 Å². The lowest BCUT2D eigenvalue weighted by Crippen LogP contribution is -2.72. The fourth-order valence-corrected chi connectivity index (χ4v) is 2.83. The summed E-state index contributed by atoms with van der Waals surface area (Å²) in [5.41, 5.74) is 4.12. The smallest absolute Gasteiger partial charge is 0.275 e. The highest BCUT2D eigenvalue weighted by Gasteiger charge is 2.25. The summed E-state index contributed by atoms with van der Waals surface area (Å²) in [7, 11) is 0. The molecule has 1 unspecified atom stereocenters. The maximum absolute atomic E-state index is 12.7. The monoisotopic (exact) mass is 387 g/mol. The molecule has 0 heterocycles. The predicted octanol–water partition coefficient (Wildman–Crippen LogP) is 3.41. The summed E-state index contributed by atoms with van der Waals surface area (Å²) >= 11 is 0. The molecule has 5 N–H and O–H groups in total. The van der Waals surface area contributed by atoms with Gasteiger partial charge >= 0.3 is 0 Å². The van der Waals surface area contributed by atoms with Gasteiger partial charge < -0.3 is 10.4 Å². The molecule has 0 aliphatic rings. The predicted molar refractivity (Wildman–Crippen MR) is 115 cm³/mol. The molecule has 0 saturated carbocycles. The van der Waals surface area contributed by atoms with E-state index >= 15 is 0 Å². The number of para-hydroxylation sites is 1. The molecule has 0 saturated heterocycles. The van der Waals surface area contributed by atoms with Gasteiger partial charge in [-0.1, -0.05) is 60.6 Å². The van der Waals surface area contributed by atoms with Crippen LogP contribution in [0.4, 0.5) is 11.4 Å². The number of phenols is 1. The summed E-state index contributed by atoms with van der Waals surface area (Å²) in [6.07, 6.45) is 0. The van der Waals surface area contributed by atoms with E-state index in [9.17, 15) is 9.90 Å². The molecule has 6 nitrogen and oxygen atoms in total. The second-order valence-electron chi connectivity index (χ2n) is 6.56. The lowest BCUT2D eigenvalue weighted by Gasteiger charge is -2.15. The van der Waals surface area contributed by atoms with E-state index in [1.807, 2.05) is 55.5 Å². The average Bonchev–Trinajstić information content (AvgIpc) is 2.75. The van der Waals surface area contributed by atoms with Crippen LogP contribution in [0.3, 0.4) is 0 Å². The van der Waals surface area contributed by atoms with Crippen LogP contribution in [-0.4, -0.2) is 22.4 Å². The molecule has 1 amide bonds. The number of phenolic OH excluding ortho intramolecular Hbond substituents is 1. The van der Waals surface area contributed by atoms with Gasteiger partial charge in [-0.15, -0.1) is 0 Å². The third-order valence-corrected chi connectivity index (χ3v) is 4.47. The molecule has 0 aliphatic carbocycles. The molecule has 0 aromatic heterocycles. The van der Waals surface area contributed by atoms with Gasteiger partial charge in [-0.05, 0) is 29.8 Å². The van der Waals surface area contributed by atoms with Crippen LogP contribution in [-0.2, 0) is 4.79 Å². The second-order valence-corrected chi connectivity index (χ2v) is 6.56. The third kappa shape index (κ3) is 5.37. The maximum atomic E-state index is 12.7. The first kappa shape index (κ1) is 20.0. The van der Waals surface area contributed by atoms with E-state index in [0.717, 1.165) is 11.3 Å². The number of amides is 1. The first-order valence-corrected chi connectivity index (χ1v) is 9.25. The van der Waals surface area contributed by atoms with Crippen molar-refractivity contribution in [2.24, 2.45) is 5.10 Å². The maximum Gasteiger partial charge on any atom is 0.275 e. The van der Waals surface area contributed by atoms with E-state index in [0.29, 0.717) is 11.4 Å². The van der Waals surface area contributed by atoms with Crippen LogP contribution in [0.2, 0.25) is 0 Å². The summed E-state index contributed by atoms with van der Waals surface area (Å²) < 4.78 is 0. The summed E-state index contributed by atoms with van der Waals surface area (Å²) in [4.78, 5) is 12.7. The topological polar surface area (TPSA) is 102 Å². The van der Waals surface area contributed by atoms with Crippen LogP contribution in [0.15, 0.2) is 90.0 Å². The summed E-state index contributed by atoms with van der Waals surface area (Å²) in [5.74, 6) is -0.682. The first-order chi connectivity index (χ1) is 14.0. The molecule has 146 valence electrons. The van der Waals surface area contributed by atoms with Crippen LogP contribution in [0, 0.1) is 5.41 Å². The van der Waals surface area contributed by atoms with E-state index in [1.165, 1.54) is 0 Å². The standard InChI is InChI=1S/C23H22N4O2/c1-16(17-12-14-20(28)15-13-17)22(27-26-19-10-6-3-7-11-19)21(24)23(29)25-18-8-4-2-5-9-18/h2-16,24,26,28H,1H3,(H,25,29)/p+1/b24-21?,27-22-. The van der Waals surface area contributed by atoms with Gasteiger partial charge in [0, 0.05) is 23.7 Å². The Bertz CT molecular complexity index is 1000. The van der Waals surface area contributed by atoms with Crippen molar-refractivity contribution in [3.63, 3.8) is 0 Å². The van der Waals surface area contributed by atoms with E-state index in [-0.39, 0.29) is 17.4 Å². The molecule has 0 aliphatic heterocycles. The van der Waals surface area contributed by atoms with Crippen molar-refractivity contribution in [3.05, 3.63) is 90.5 Å². The van der Waals surface area contributed by atoms with E-state index in [2.05, 4.69) is 10.4 Å². The number of hydrogen-bond donors (Lipinski definition) is 4. The Labute approximate surface area is 169 Å². The van der Waals surface area contributed by atoms with Gasteiger partial charge in [0.25, 0.3) is 5.91 Å². The summed E-state index contributed by atoms with van der Waals surface area (Å²) in [6, 6.07) is 25.2. The van der Waals surface area contributed by atoms with Crippen LogP contribution in [0.1, 0.15) is 18.4 Å². The van der Waals surface area contributed by atoms with Crippen LogP contribution in [0.25, 0.3) is 0 Å². The number of rotatable bonds is 7. The van der Waals surface area contributed by atoms with Crippen molar-refractivity contribution >= 4 is 28.7 Å². The molecule has 3 rings (SSSR count). The number of nitrogens with zero attached hydrogens (tertiary/aromatic N) is 1. The van der Waals surface area contributed by atoms with Crippen molar-refractivity contribution in [1.29, 1.82) is 5.41 Å². The number of nitrogens with two attached hydrogens (primary N) is 1. The molecular formula is C23H23N4O2+. The van der Waals surface area contributed by atoms with Gasteiger partial charge in [-0.25, -0.2) is 0 Å². The van der Waals surface area contributed by atoms with Crippen molar-refractivity contribution in [1.82, 2.24) is 0 Å². The zero-order chi connectivity index (χ0) is 20.6. The Morgan fingerprint density at radius 2 is 1.55 bits per heavy atom. The van der Waals surface area contributed by atoms with E-state index < -0.39 is 5.91 Å². The Balaban J connectivity index is 1.87. The van der Waals surface area contributed by atoms with Gasteiger partial charge in [0.2, 0.25) is 0 Å². The van der Waals surface area contributed by atoms with Gasteiger partial charge in [0.15, 0.2) is 5.69 Å². The number of carbonyl (C=O) groups excluding carboxylic acids is 1. The largest absolute Gasteiger partial charge is 0.508 e. The molecule has 0 fully saturated rings. The number of nitrogens with one attached hydrogen (secondary N) is 2. The Kier molecular flexibility index (Phi) is 6.50. The highest BCUT2D eigenvalue weighted by atomic mass is 16.3. The quantitative estimate of drug-likeness (QED) is 0.216. The highest BCUT2D eigenvalue weighted by molar-refractivity contribution is 6.68. The molecule has 1 atom stereocenters. The SMILES string of the molecule is CC(/C(=N/[NH2+]c1ccccc1)C(=N)C(=O)Nc1ccccc1)c1ccc(O)cc1. The second kappa shape index (κ2) is 9.43. The molecule has 0 radical (unpaired) electrons. The van der Waals surface area contributed by atoms with Crippen molar-refractivity contribution < 1.29 is 15.3 Å². The number of carbonyl (C=O) groups is 1. The number of aromatic hydroxyl groups is 1. The van der Waals surface area contributed by atoms with E-state index in [1.54, 1.807) is 41.8 Å². The number of hydrogen-bond acceptors (Lipinski definition) is 4. The summed E-state index contributed by atoms with van der Waals surface area (Å²) in [6.45, 7) is 1.88. The van der Waals surface area contributed by atoms with Crippen molar-refractivity contribution in [2.75, 3.05) is 5.32 Å². The molecule has 0 bridgehead atoms. The minimum Gasteiger partial charge on any atom is -0.508 e. The zero-order valence-corrected chi connectivity index (χ0v) is 16.0. The van der Waals surface area contributed by atoms with Gasteiger partial charge in [-0.2, -0.15) is 5.43 Å². The van der Waals surface area contributed by atoms with Gasteiger partial charge in [-0.3, -0.25) is 10.2 Å². The van der Waals surface area contributed by atoms with Crippen LogP contribution in [0.5, 0.6) is 5.75 Å². The zero-order valence-electron chi connectivity index (χ0n) is 16.0. The van der Waals surface area contributed by atoms with E-state index in [4.69, 9.17) is 5.41 Å². The molecule has 3 aromatic carbocycles. The average molecular weight is 387 g/mol. The lowest BCUT2D eigenvalue weighted by atomic mass is 9.92. The first-order valence-electron chi connectivity index (χ1n) is 9.25. The molecular weight excluding hydrogens is 364 g/mol. The molecule has 3 aromatic rings. The lowest BCUT2D eigenvalue weighted by molar-refractivity contribution is -0.577. The van der Waals surface area contributed by atoms with Crippen molar-refractivity contribution in [2.45, 2.75) is 12.8 Å². The van der Waals surface area contributed by atoms with Crippen LogP contribution < -0.4 is 10.7 Å². The fourth-order valence-electron chi connectivity index (χ4n) is 2.83. The highest BCUT2D eigenvalue weighted by Crippen LogP contribution is 2.20. The third-order valence-electron chi connectivity index (χ3n) is 4.47. The number of quaternary nitrogens is 1. The van der Waals surface area contributed by atoms with Crippen molar-refractivity contribution in [3.8, 4) is 5.75 Å². The minimum absolute atomic E-state index is 0.159. The number of benzene rings is 3. The van der Waals surface area contributed by atoms with Gasteiger partial charge in [0.1, 0.15) is 17.2 Å². The Morgan fingerprint density at radius 1 is 0.966 bits per heavy atom. The minimum atomic E-state index is -0.526. The Morgan fingerprint density at radius 3 is 2.17 bits per heavy atom. The molecule has 6 heteroatoms. The van der Waals surface area contributed by atoms with Gasteiger partial charge in [0.05, 0.1) is 0 Å². The number of anilines is 1. The molecule has 0 spiro atoms.